The minimum Gasteiger partial charge on any atom is -0.456 e. The molecular formula is C56H44N2O2. The van der Waals surface area contributed by atoms with Gasteiger partial charge in [-0.3, -0.25) is 0 Å². The number of para-hydroxylation sites is 4. The van der Waals surface area contributed by atoms with Crippen LogP contribution in [0.25, 0.3) is 60.2 Å². The van der Waals surface area contributed by atoms with Crippen LogP contribution in [-0.4, -0.2) is 6.04 Å². The number of hydrogen-bond acceptors (Lipinski definition) is 4. The van der Waals surface area contributed by atoms with E-state index in [-0.39, 0.29) is 6.04 Å². The maximum atomic E-state index is 7.05. The Balaban J connectivity index is 1.12. The lowest BCUT2D eigenvalue weighted by Crippen LogP contribution is -2.30. The molecular weight excluding hydrogens is 733 g/mol. The molecule has 1 aliphatic rings. The second-order valence-electron chi connectivity index (χ2n) is 16.3. The zero-order valence-electron chi connectivity index (χ0n) is 34.2. The van der Waals surface area contributed by atoms with Crippen molar-refractivity contribution in [2.24, 2.45) is 0 Å². The van der Waals surface area contributed by atoms with Gasteiger partial charge in [-0.05, 0) is 97.7 Å². The predicted molar refractivity (Wildman–Crippen MR) is 253 cm³/mol. The number of aryl methyl sites for hydroxylation is 4. The minimum absolute atomic E-state index is 0.105. The standard InChI is InChI=1S/C56H44N2O2/c1-35-15-11-19-39(31-35)40-20-13-21-41(32-40)57(48-26-9-5-16-36(48)2)42-29-30-47-52(33-42)59-53-34-51(43-22-7-8-23-44(43)54(47)53)58(49-27-10-6-17-37(49)3)50-28-14-25-46-45-24-12-18-38(4)55(45)60-56(46)50/h5-20,22-34,41H,21H2,1-4H3. The fraction of sp³-hybridized carbons (Fsp3) is 0.107. The zero-order chi connectivity index (χ0) is 40.5. The number of anilines is 5. The van der Waals surface area contributed by atoms with Crippen LogP contribution in [0.5, 0.6) is 0 Å². The Labute approximate surface area is 349 Å². The van der Waals surface area contributed by atoms with Gasteiger partial charge in [0.15, 0.2) is 5.58 Å². The van der Waals surface area contributed by atoms with Gasteiger partial charge in [-0.25, -0.2) is 0 Å². The van der Waals surface area contributed by atoms with Gasteiger partial charge in [-0.1, -0.05) is 139 Å². The Morgan fingerprint density at radius 3 is 1.95 bits per heavy atom. The van der Waals surface area contributed by atoms with Crippen LogP contribution in [0.3, 0.4) is 0 Å². The molecule has 0 N–H and O–H groups in total. The van der Waals surface area contributed by atoms with Gasteiger partial charge in [0.1, 0.15) is 16.7 Å². The van der Waals surface area contributed by atoms with Gasteiger partial charge < -0.3 is 18.6 Å². The lowest BCUT2D eigenvalue weighted by atomic mass is 9.94. The largest absolute Gasteiger partial charge is 0.456 e. The molecule has 4 nitrogen and oxygen atoms in total. The van der Waals surface area contributed by atoms with Crippen molar-refractivity contribution in [3.63, 3.8) is 0 Å². The Kier molecular flexibility index (Phi) is 8.49. The van der Waals surface area contributed by atoms with Crippen molar-refractivity contribution in [1.29, 1.82) is 0 Å². The molecule has 0 saturated heterocycles. The predicted octanol–water partition coefficient (Wildman–Crippen LogP) is 15.9. The molecule has 11 rings (SSSR count). The molecule has 60 heavy (non-hydrogen) atoms. The summed E-state index contributed by atoms with van der Waals surface area (Å²) in [6.07, 6.45) is 7.90. The SMILES string of the molecule is Cc1cccc(C2=CC(N(c3ccc4c(c3)oc3cc(N(c5ccccc5C)c5cccc6c5oc5c(C)cccc56)c5ccccc5c34)c3ccccc3C)CC=C2)c1. The van der Waals surface area contributed by atoms with Crippen LogP contribution < -0.4 is 9.80 Å². The highest BCUT2D eigenvalue weighted by Gasteiger charge is 2.27. The number of furan rings is 2. The Bertz CT molecular complexity index is 3380. The summed E-state index contributed by atoms with van der Waals surface area (Å²) in [6.45, 7) is 8.65. The Hall–Kier alpha value is -7.30. The van der Waals surface area contributed by atoms with Gasteiger partial charge in [0.2, 0.25) is 0 Å². The van der Waals surface area contributed by atoms with Crippen LogP contribution >= 0.6 is 0 Å². The summed E-state index contributed by atoms with van der Waals surface area (Å²) in [6, 6.07) is 56.8. The van der Waals surface area contributed by atoms with E-state index < -0.39 is 0 Å². The number of allylic oxidation sites excluding steroid dienone is 2. The fourth-order valence-electron chi connectivity index (χ4n) is 9.48. The number of fused-ring (bicyclic) bond motifs is 8. The van der Waals surface area contributed by atoms with E-state index >= 15 is 0 Å². The van der Waals surface area contributed by atoms with Gasteiger partial charge in [-0.2, -0.15) is 0 Å². The van der Waals surface area contributed by atoms with E-state index in [1.54, 1.807) is 0 Å². The molecule has 0 amide bonds. The maximum absolute atomic E-state index is 7.05. The van der Waals surface area contributed by atoms with Crippen LogP contribution in [0.4, 0.5) is 28.4 Å². The highest BCUT2D eigenvalue weighted by Crippen LogP contribution is 2.49. The van der Waals surface area contributed by atoms with Crippen molar-refractivity contribution >= 4 is 88.7 Å². The van der Waals surface area contributed by atoms with Gasteiger partial charge in [0.25, 0.3) is 0 Å². The van der Waals surface area contributed by atoms with Crippen molar-refractivity contribution in [1.82, 2.24) is 0 Å². The summed E-state index contributed by atoms with van der Waals surface area (Å²) in [5, 5.41) is 6.70. The van der Waals surface area contributed by atoms with Crippen molar-refractivity contribution in [2.45, 2.75) is 40.2 Å². The molecule has 0 fully saturated rings. The molecule has 0 aliphatic heterocycles. The lowest BCUT2D eigenvalue weighted by Gasteiger charge is -2.34. The second-order valence-corrected chi connectivity index (χ2v) is 16.3. The molecule has 0 bridgehead atoms. The van der Waals surface area contributed by atoms with E-state index in [1.165, 1.54) is 28.0 Å². The molecule has 290 valence electrons. The quantitative estimate of drug-likeness (QED) is 0.161. The van der Waals surface area contributed by atoms with Gasteiger partial charge in [-0.15, -0.1) is 0 Å². The number of nitrogens with zero attached hydrogens (tertiary/aromatic N) is 2. The van der Waals surface area contributed by atoms with Crippen LogP contribution in [-0.2, 0) is 0 Å². The Morgan fingerprint density at radius 1 is 0.483 bits per heavy atom. The first-order valence-corrected chi connectivity index (χ1v) is 20.9. The summed E-state index contributed by atoms with van der Waals surface area (Å²) in [5.41, 5.74) is 16.1. The average Bonchev–Trinajstić information content (AvgIpc) is 3.85. The summed E-state index contributed by atoms with van der Waals surface area (Å²) in [4.78, 5) is 4.85. The Morgan fingerprint density at radius 2 is 1.15 bits per heavy atom. The van der Waals surface area contributed by atoms with Crippen LogP contribution in [0, 0.1) is 27.7 Å². The first kappa shape index (κ1) is 35.8. The molecule has 2 heterocycles. The highest BCUT2D eigenvalue weighted by molar-refractivity contribution is 6.23. The summed E-state index contributed by atoms with van der Waals surface area (Å²) in [5.74, 6) is 0. The summed E-state index contributed by atoms with van der Waals surface area (Å²) in [7, 11) is 0. The maximum Gasteiger partial charge on any atom is 0.159 e. The first-order valence-electron chi connectivity index (χ1n) is 20.9. The number of hydrogen-bond donors (Lipinski definition) is 0. The highest BCUT2D eigenvalue weighted by atomic mass is 16.3. The monoisotopic (exact) mass is 776 g/mol. The van der Waals surface area contributed by atoms with E-state index in [4.69, 9.17) is 8.83 Å². The smallest absolute Gasteiger partial charge is 0.159 e. The van der Waals surface area contributed by atoms with Crippen LogP contribution in [0.2, 0.25) is 0 Å². The van der Waals surface area contributed by atoms with Crippen LogP contribution in [0.15, 0.2) is 185 Å². The van der Waals surface area contributed by atoms with Crippen molar-refractivity contribution < 1.29 is 8.83 Å². The van der Waals surface area contributed by atoms with Crippen LogP contribution in [0.1, 0.15) is 34.2 Å². The van der Waals surface area contributed by atoms with Crippen molar-refractivity contribution in [2.75, 3.05) is 9.80 Å². The zero-order valence-corrected chi connectivity index (χ0v) is 34.2. The molecule has 1 unspecified atom stereocenters. The molecule has 4 heteroatoms. The van der Waals surface area contributed by atoms with E-state index in [2.05, 4.69) is 213 Å². The first-order chi connectivity index (χ1) is 29.4. The molecule has 1 aliphatic carbocycles. The van der Waals surface area contributed by atoms with Gasteiger partial charge >= 0.3 is 0 Å². The third-order valence-electron chi connectivity index (χ3n) is 12.4. The fourth-order valence-corrected chi connectivity index (χ4v) is 9.48. The molecule has 0 radical (unpaired) electrons. The molecule has 0 spiro atoms. The molecule has 1 atom stereocenters. The lowest BCUT2D eigenvalue weighted by molar-refractivity contribution is 0.665. The third-order valence-corrected chi connectivity index (χ3v) is 12.4. The molecule has 0 saturated carbocycles. The van der Waals surface area contributed by atoms with Crippen molar-refractivity contribution in [3.05, 3.63) is 204 Å². The average molecular weight is 777 g/mol. The van der Waals surface area contributed by atoms with Crippen molar-refractivity contribution in [3.8, 4) is 0 Å². The summed E-state index contributed by atoms with van der Waals surface area (Å²) >= 11 is 0. The topological polar surface area (TPSA) is 32.8 Å². The van der Waals surface area contributed by atoms with E-state index in [0.29, 0.717) is 0 Å². The second kappa shape index (κ2) is 14.2. The number of rotatable bonds is 7. The third kappa shape index (κ3) is 5.82. The van der Waals surface area contributed by atoms with Gasteiger partial charge in [0.05, 0.1) is 17.4 Å². The van der Waals surface area contributed by atoms with E-state index in [1.807, 2.05) is 0 Å². The normalized spacial score (nSPS) is 14.1. The van der Waals surface area contributed by atoms with E-state index in [0.717, 1.165) is 94.9 Å². The molecule has 2 aromatic heterocycles. The van der Waals surface area contributed by atoms with E-state index in [9.17, 15) is 0 Å². The number of benzene rings is 8. The molecule has 8 aromatic carbocycles. The summed E-state index contributed by atoms with van der Waals surface area (Å²) < 4.78 is 13.9. The molecule has 10 aromatic rings. The van der Waals surface area contributed by atoms with Gasteiger partial charge in [0, 0.05) is 56.1 Å². The minimum atomic E-state index is 0.105.